The fourth-order valence-corrected chi connectivity index (χ4v) is 3.35. The third-order valence-corrected chi connectivity index (χ3v) is 4.97. The number of aromatic nitrogens is 5. The van der Waals surface area contributed by atoms with Crippen LogP contribution >= 0.6 is 0 Å². The second-order valence-electron chi connectivity index (χ2n) is 7.57. The summed E-state index contributed by atoms with van der Waals surface area (Å²) in [7, 11) is 0. The monoisotopic (exact) mass is 384 g/mol. The van der Waals surface area contributed by atoms with Crippen LogP contribution in [0.15, 0.2) is 67.3 Å². The highest BCUT2D eigenvalue weighted by atomic mass is 16.3. The van der Waals surface area contributed by atoms with Crippen molar-refractivity contribution >= 4 is 28.1 Å². The Morgan fingerprint density at radius 3 is 2.72 bits per heavy atom. The maximum Gasteiger partial charge on any atom is 0.180 e. The average molecular weight is 384 g/mol. The van der Waals surface area contributed by atoms with Gasteiger partial charge in [0.1, 0.15) is 0 Å². The number of anilines is 2. The molecule has 5 rings (SSSR count). The molecule has 0 spiro atoms. The SMILES string of the molecule is CC(C)(O)c1ccc(Nc2nc(-c3ccc4cn[nH]c4c3)cn3ccnc23)cc1. The summed E-state index contributed by atoms with van der Waals surface area (Å²) < 4.78 is 1.95. The first-order chi connectivity index (χ1) is 14.0. The zero-order valence-electron chi connectivity index (χ0n) is 16.1. The quantitative estimate of drug-likeness (QED) is 0.431. The smallest absolute Gasteiger partial charge is 0.180 e. The second-order valence-corrected chi connectivity index (χ2v) is 7.57. The molecule has 0 aliphatic carbocycles. The molecule has 0 aliphatic rings. The first-order valence-corrected chi connectivity index (χ1v) is 9.34. The number of hydrogen-bond donors (Lipinski definition) is 3. The van der Waals surface area contributed by atoms with Gasteiger partial charge in [-0.3, -0.25) is 5.10 Å². The van der Waals surface area contributed by atoms with Crippen LogP contribution in [0.2, 0.25) is 0 Å². The van der Waals surface area contributed by atoms with Crippen molar-refractivity contribution in [2.24, 2.45) is 0 Å². The Morgan fingerprint density at radius 1 is 1.10 bits per heavy atom. The number of benzene rings is 2. The van der Waals surface area contributed by atoms with E-state index in [0.29, 0.717) is 5.82 Å². The summed E-state index contributed by atoms with van der Waals surface area (Å²) in [6, 6.07) is 13.8. The lowest BCUT2D eigenvalue weighted by molar-refractivity contribution is 0.0786. The molecule has 5 aromatic rings. The van der Waals surface area contributed by atoms with Crippen molar-refractivity contribution in [3.63, 3.8) is 0 Å². The summed E-state index contributed by atoms with van der Waals surface area (Å²) >= 11 is 0. The van der Waals surface area contributed by atoms with E-state index in [1.807, 2.05) is 59.3 Å². The Labute approximate surface area is 167 Å². The minimum atomic E-state index is -0.877. The minimum absolute atomic E-state index is 0.660. The molecule has 2 aromatic carbocycles. The van der Waals surface area contributed by atoms with E-state index < -0.39 is 5.60 Å². The van der Waals surface area contributed by atoms with Gasteiger partial charge < -0.3 is 14.8 Å². The molecular weight excluding hydrogens is 364 g/mol. The van der Waals surface area contributed by atoms with Gasteiger partial charge >= 0.3 is 0 Å². The summed E-state index contributed by atoms with van der Waals surface area (Å²) in [5.74, 6) is 0.660. The van der Waals surface area contributed by atoms with Gasteiger partial charge in [0, 0.05) is 35.2 Å². The van der Waals surface area contributed by atoms with Gasteiger partial charge in [0.25, 0.3) is 0 Å². The first kappa shape index (κ1) is 17.4. The first-order valence-electron chi connectivity index (χ1n) is 9.34. The topological polar surface area (TPSA) is 91.1 Å². The van der Waals surface area contributed by atoms with Gasteiger partial charge in [-0.2, -0.15) is 5.10 Å². The van der Waals surface area contributed by atoms with Crippen LogP contribution in [0, 0.1) is 0 Å². The van der Waals surface area contributed by atoms with E-state index in [1.165, 1.54) is 0 Å². The number of aliphatic hydroxyl groups is 1. The van der Waals surface area contributed by atoms with Crippen LogP contribution in [0.25, 0.3) is 27.8 Å². The van der Waals surface area contributed by atoms with Crippen molar-refractivity contribution in [2.45, 2.75) is 19.4 Å². The van der Waals surface area contributed by atoms with E-state index in [4.69, 9.17) is 4.98 Å². The largest absolute Gasteiger partial charge is 0.386 e. The van der Waals surface area contributed by atoms with E-state index in [-0.39, 0.29) is 0 Å². The summed E-state index contributed by atoms with van der Waals surface area (Å²) in [5.41, 5.74) is 4.36. The van der Waals surface area contributed by atoms with Crippen molar-refractivity contribution in [3.8, 4) is 11.3 Å². The van der Waals surface area contributed by atoms with Gasteiger partial charge in [-0.15, -0.1) is 0 Å². The van der Waals surface area contributed by atoms with Crippen LogP contribution in [-0.4, -0.2) is 29.7 Å². The molecule has 0 fully saturated rings. The lowest BCUT2D eigenvalue weighted by Gasteiger charge is -2.18. The molecule has 0 amide bonds. The Morgan fingerprint density at radius 2 is 1.93 bits per heavy atom. The number of fused-ring (bicyclic) bond motifs is 2. The summed E-state index contributed by atoms with van der Waals surface area (Å²) in [6.45, 7) is 3.54. The van der Waals surface area contributed by atoms with Crippen LogP contribution in [-0.2, 0) is 5.60 Å². The van der Waals surface area contributed by atoms with E-state index in [1.54, 1.807) is 26.2 Å². The van der Waals surface area contributed by atoms with Crippen LogP contribution < -0.4 is 5.32 Å². The highest BCUT2D eigenvalue weighted by molar-refractivity contribution is 5.83. The van der Waals surface area contributed by atoms with Crippen molar-refractivity contribution in [1.29, 1.82) is 0 Å². The maximum atomic E-state index is 10.2. The summed E-state index contributed by atoms with van der Waals surface area (Å²) in [6.07, 6.45) is 7.41. The molecule has 0 radical (unpaired) electrons. The molecule has 0 saturated heterocycles. The second kappa shape index (κ2) is 6.42. The maximum absolute atomic E-state index is 10.2. The molecule has 3 heterocycles. The Kier molecular flexibility index (Phi) is 3.85. The van der Waals surface area contributed by atoms with Gasteiger partial charge in [0.15, 0.2) is 11.5 Å². The molecule has 0 atom stereocenters. The van der Waals surface area contributed by atoms with Gasteiger partial charge in [-0.05, 0) is 37.6 Å². The van der Waals surface area contributed by atoms with Crippen LogP contribution in [0.1, 0.15) is 19.4 Å². The number of imidazole rings is 1. The standard InChI is InChI=1S/C22H20N6O/c1-22(2,29)16-5-7-17(8-6-16)25-20-21-23-9-10-28(21)13-19(26-20)14-3-4-15-12-24-27-18(15)11-14/h3-13,29H,1-2H3,(H,24,27)(H,25,26). The lowest BCUT2D eigenvalue weighted by Crippen LogP contribution is -2.15. The number of rotatable bonds is 4. The molecule has 3 aromatic heterocycles. The molecule has 0 aliphatic heterocycles. The molecule has 0 bridgehead atoms. The van der Waals surface area contributed by atoms with Gasteiger partial charge in [0.05, 0.1) is 23.0 Å². The average Bonchev–Trinajstić information content (AvgIpc) is 3.36. The predicted octanol–water partition coefficient (Wildman–Crippen LogP) is 4.24. The predicted molar refractivity (Wildman–Crippen MR) is 113 cm³/mol. The number of nitrogens with zero attached hydrogens (tertiary/aromatic N) is 4. The fraction of sp³-hybridized carbons (Fsp3) is 0.136. The lowest BCUT2D eigenvalue weighted by atomic mass is 9.98. The Hall–Kier alpha value is -3.71. The van der Waals surface area contributed by atoms with Crippen LogP contribution in [0.5, 0.6) is 0 Å². The molecule has 0 saturated carbocycles. The van der Waals surface area contributed by atoms with Gasteiger partial charge in [0.2, 0.25) is 0 Å². The van der Waals surface area contributed by atoms with Crippen molar-refractivity contribution in [2.75, 3.05) is 5.32 Å². The summed E-state index contributed by atoms with van der Waals surface area (Å²) in [4.78, 5) is 9.25. The molecule has 7 heteroatoms. The molecule has 3 N–H and O–H groups in total. The van der Waals surface area contributed by atoms with E-state index in [0.717, 1.165) is 39.1 Å². The minimum Gasteiger partial charge on any atom is -0.386 e. The van der Waals surface area contributed by atoms with Crippen LogP contribution in [0.3, 0.4) is 0 Å². The third kappa shape index (κ3) is 3.21. The number of hydrogen-bond acceptors (Lipinski definition) is 5. The molecule has 29 heavy (non-hydrogen) atoms. The molecule has 7 nitrogen and oxygen atoms in total. The van der Waals surface area contributed by atoms with Gasteiger partial charge in [-0.1, -0.05) is 24.3 Å². The number of H-pyrrole nitrogens is 1. The van der Waals surface area contributed by atoms with Crippen molar-refractivity contribution < 1.29 is 5.11 Å². The zero-order chi connectivity index (χ0) is 20.0. The number of aromatic amines is 1. The van der Waals surface area contributed by atoms with Crippen molar-refractivity contribution in [1.82, 2.24) is 24.6 Å². The Bertz CT molecular complexity index is 1310. The van der Waals surface area contributed by atoms with E-state index in [2.05, 4.69) is 20.5 Å². The third-order valence-electron chi connectivity index (χ3n) is 4.97. The Balaban J connectivity index is 1.55. The van der Waals surface area contributed by atoms with E-state index in [9.17, 15) is 5.11 Å². The van der Waals surface area contributed by atoms with Gasteiger partial charge in [-0.25, -0.2) is 9.97 Å². The molecular formula is C22H20N6O. The highest BCUT2D eigenvalue weighted by Gasteiger charge is 2.16. The zero-order valence-corrected chi connectivity index (χ0v) is 16.1. The highest BCUT2D eigenvalue weighted by Crippen LogP contribution is 2.27. The molecule has 0 unspecified atom stereocenters. The van der Waals surface area contributed by atoms with Crippen LogP contribution in [0.4, 0.5) is 11.5 Å². The normalized spacial score (nSPS) is 12.0. The molecule has 144 valence electrons. The number of nitrogens with one attached hydrogen (secondary N) is 2. The summed E-state index contributed by atoms with van der Waals surface area (Å²) in [5, 5.41) is 21.7. The van der Waals surface area contributed by atoms with Crippen molar-refractivity contribution in [3.05, 3.63) is 72.8 Å². The fourth-order valence-electron chi connectivity index (χ4n) is 3.35. The van der Waals surface area contributed by atoms with E-state index >= 15 is 0 Å².